The molecule has 3 aromatic rings. The lowest BCUT2D eigenvalue weighted by atomic mass is 9.88. The maximum atomic E-state index is 14.3. The van der Waals surface area contributed by atoms with Gasteiger partial charge in [-0.2, -0.15) is 0 Å². The molecule has 0 saturated carbocycles. The normalized spacial score (nSPS) is 20.8. The topological polar surface area (TPSA) is 111 Å². The van der Waals surface area contributed by atoms with Gasteiger partial charge < -0.3 is 29.5 Å². The Morgan fingerprint density at radius 2 is 1.92 bits per heavy atom. The van der Waals surface area contributed by atoms with Gasteiger partial charge in [0.15, 0.2) is 23.1 Å². The van der Waals surface area contributed by atoms with Crippen molar-refractivity contribution in [2.45, 2.75) is 31.0 Å². The number of aliphatic hydroxyl groups is 1. The second-order valence-corrected chi connectivity index (χ2v) is 9.59. The van der Waals surface area contributed by atoms with Gasteiger partial charge in [0.1, 0.15) is 25.3 Å². The minimum absolute atomic E-state index is 0.00895. The lowest BCUT2D eigenvalue weighted by Gasteiger charge is -2.43. The molecule has 36 heavy (non-hydrogen) atoms. The van der Waals surface area contributed by atoms with Crippen molar-refractivity contribution in [1.82, 2.24) is 24.8 Å². The largest absolute Gasteiger partial charge is 0.486 e. The predicted octanol–water partition coefficient (Wildman–Crippen LogP) is 1.25. The molecule has 1 fully saturated rings. The van der Waals surface area contributed by atoms with Crippen molar-refractivity contribution >= 4 is 11.0 Å². The van der Waals surface area contributed by atoms with Crippen LogP contribution in [0.4, 0.5) is 4.39 Å². The van der Waals surface area contributed by atoms with Crippen molar-refractivity contribution in [1.29, 1.82) is 0 Å². The van der Waals surface area contributed by atoms with Gasteiger partial charge in [-0.1, -0.05) is 0 Å². The molecule has 0 aromatic carbocycles. The molecular formula is C25H28FN5O5. The van der Waals surface area contributed by atoms with E-state index in [0.29, 0.717) is 48.8 Å². The number of hydrogen-bond acceptors (Lipinski definition) is 9. The Labute approximate surface area is 206 Å². The fourth-order valence-corrected chi connectivity index (χ4v) is 5.28. The van der Waals surface area contributed by atoms with Gasteiger partial charge in [-0.15, -0.1) is 0 Å². The van der Waals surface area contributed by atoms with Crippen molar-refractivity contribution in [2.75, 3.05) is 46.1 Å². The third-order valence-electron chi connectivity index (χ3n) is 7.35. The van der Waals surface area contributed by atoms with Crippen molar-refractivity contribution < 1.29 is 23.7 Å². The molecule has 3 aliphatic rings. The van der Waals surface area contributed by atoms with Crippen molar-refractivity contribution in [3.63, 3.8) is 0 Å². The summed E-state index contributed by atoms with van der Waals surface area (Å²) in [6.07, 6.45) is 4.26. The second-order valence-electron chi connectivity index (χ2n) is 9.59. The summed E-state index contributed by atoms with van der Waals surface area (Å²) in [4.78, 5) is 23.6. The summed E-state index contributed by atoms with van der Waals surface area (Å²) >= 11 is 0. The van der Waals surface area contributed by atoms with Crippen molar-refractivity contribution in [3.8, 4) is 17.2 Å². The van der Waals surface area contributed by atoms with Crippen LogP contribution in [0.1, 0.15) is 24.6 Å². The number of rotatable bonds is 6. The van der Waals surface area contributed by atoms with Gasteiger partial charge in [0.2, 0.25) is 0 Å². The Kier molecular flexibility index (Phi) is 5.98. The van der Waals surface area contributed by atoms with Crippen molar-refractivity contribution in [2.24, 2.45) is 0 Å². The van der Waals surface area contributed by atoms with Gasteiger partial charge in [-0.05, 0) is 18.9 Å². The van der Waals surface area contributed by atoms with E-state index in [4.69, 9.17) is 14.2 Å². The standard InChI is InChI=1S/C25H28FN5O5/c26-18-11-28-19-1-2-22(33)31-17(14-36-24(18)23(19)31)13-30-5-3-25(15-32,4-6-30)29-10-16-9-20-21(12-27-16)35-8-7-34-20/h1-2,9,11-12,17,29,32H,3-8,10,13-15H2/t17-/m1/s1. The number of halogens is 1. The van der Waals surface area contributed by atoms with Crippen LogP contribution in [0.15, 0.2) is 35.4 Å². The fraction of sp³-hybridized carbons (Fsp3) is 0.480. The van der Waals surface area contributed by atoms with E-state index in [9.17, 15) is 14.3 Å². The molecule has 6 heterocycles. The first kappa shape index (κ1) is 23.1. The lowest BCUT2D eigenvalue weighted by Crippen LogP contribution is -2.56. The van der Waals surface area contributed by atoms with Crippen LogP contribution < -0.4 is 25.1 Å². The highest BCUT2D eigenvalue weighted by Gasteiger charge is 2.36. The Morgan fingerprint density at radius 3 is 2.72 bits per heavy atom. The van der Waals surface area contributed by atoms with Gasteiger partial charge in [0, 0.05) is 43.9 Å². The number of aromatic nitrogens is 3. The van der Waals surface area contributed by atoms with E-state index < -0.39 is 11.4 Å². The molecule has 0 bridgehead atoms. The van der Waals surface area contributed by atoms with Gasteiger partial charge >= 0.3 is 0 Å². The zero-order valence-electron chi connectivity index (χ0n) is 19.8. The molecule has 11 heteroatoms. The maximum Gasteiger partial charge on any atom is 0.251 e. The van der Waals surface area contributed by atoms with Crippen LogP contribution in [0, 0.1) is 5.82 Å². The summed E-state index contributed by atoms with van der Waals surface area (Å²) in [6, 6.07) is 4.69. The number of likely N-dealkylation sites (tertiary alicyclic amines) is 1. The van der Waals surface area contributed by atoms with E-state index in [2.05, 4.69) is 20.2 Å². The van der Waals surface area contributed by atoms with Crippen LogP contribution in [0.25, 0.3) is 11.0 Å². The first-order valence-electron chi connectivity index (χ1n) is 12.2. The first-order valence-corrected chi connectivity index (χ1v) is 12.2. The number of ether oxygens (including phenoxy) is 3. The number of hydrogen-bond donors (Lipinski definition) is 2. The number of piperidine rings is 1. The third kappa shape index (κ3) is 4.16. The summed E-state index contributed by atoms with van der Waals surface area (Å²) < 4.78 is 32.8. The molecule has 10 nitrogen and oxygen atoms in total. The first-order chi connectivity index (χ1) is 17.5. The van der Waals surface area contributed by atoms with Gasteiger partial charge in [0.05, 0.1) is 36.3 Å². The molecule has 0 unspecified atom stereocenters. The Bertz CT molecular complexity index is 1340. The highest BCUT2D eigenvalue weighted by molar-refractivity contribution is 5.82. The van der Waals surface area contributed by atoms with Crippen LogP contribution in [0.5, 0.6) is 17.2 Å². The molecule has 0 aliphatic carbocycles. The lowest BCUT2D eigenvalue weighted by molar-refractivity contribution is 0.0644. The van der Waals surface area contributed by atoms with E-state index in [1.54, 1.807) is 16.8 Å². The Hall–Kier alpha value is -3.28. The summed E-state index contributed by atoms with van der Waals surface area (Å²) in [5, 5.41) is 13.7. The van der Waals surface area contributed by atoms with Gasteiger partial charge in [-0.25, -0.2) is 4.39 Å². The van der Waals surface area contributed by atoms with E-state index in [1.807, 2.05) is 6.07 Å². The molecular weight excluding hydrogens is 469 g/mol. The summed E-state index contributed by atoms with van der Waals surface area (Å²) in [5.41, 5.74) is 1.14. The molecule has 0 amide bonds. The average Bonchev–Trinajstić information content (AvgIpc) is 2.92. The molecule has 0 spiro atoms. The monoisotopic (exact) mass is 497 g/mol. The molecule has 1 atom stereocenters. The molecule has 190 valence electrons. The van der Waals surface area contributed by atoms with Gasteiger partial charge in [0.25, 0.3) is 5.56 Å². The van der Waals surface area contributed by atoms with Gasteiger partial charge in [-0.3, -0.25) is 19.3 Å². The SMILES string of the molecule is O=c1ccc2ncc(F)c3c2n1[C@H](CN1CCC(CO)(NCc2cc4c(cn2)OCCO4)CC1)CO3. The maximum absolute atomic E-state index is 14.3. The molecule has 1 saturated heterocycles. The zero-order chi connectivity index (χ0) is 24.7. The number of aliphatic hydroxyl groups excluding tert-OH is 1. The molecule has 3 aliphatic heterocycles. The highest BCUT2D eigenvalue weighted by Crippen LogP contribution is 2.34. The minimum atomic E-state index is -0.565. The number of pyridine rings is 3. The second kappa shape index (κ2) is 9.30. The summed E-state index contributed by atoms with van der Waals surface area (Å²) in [6.45, 7) is 3.81. The number of fused-ring (bicyclic) bond motifs is 1. The Morgan fingerprint density at radius 1 is 1.11 bits per heavy atom. The smallest absolute Gasteiger partial charge is 0.251 e. The zero-order valence-corrected chi connectivity index (χ0v) is 19.8. The quantitative estimate of drug-likeness (QED) is 0.520. The van der Waals surface area contributed by atoms with Crippen LogP contribution in [0.3, 0.4) is 0 Å². The van der Waals surface area contributed by atoms with E-state index >= 15 is 0 Å². The fourth-order valence-electron chi connectivity index (χ4n) is 5.28. The average molecular weight is 498 g/mol. The van der Waals surface area contributed by atoms with Crippen LogP contribution in [-0.4, -0.2) is 76.1 Å². The number of nitrogens with zero attached hydrogens (tertiary/aromatic N) is 4. The summed E-state index contributed by atoms with van der Waals surface area (Å²) in [7, 11) is 0. The minimum Gasteiger partial charge on any atom is -0.486 e. The molecule has 3 aromatic heterocycles. The van der Waals surface area contributed by atoms with E-state index in [1.165, 1.54) is 6.07 Å². The van der Waals surface area contributed by atoms with Crippen molar-refractivity contribution in [3.05, 3.63) is 52.5 Å². The molecule has 2 N–H and O–H groups in total. The summed E-state index contributed by atoms with van der Waals surface area (Å²) in [5.74, 6) is 0.865. The highest BCUT2D eigenvalue weighted by atomic mass is 19.1. The molecule has 6 rings (SSSR count). The van der Waals surface area contributed by atoms with Crippen LogP contribution in [0.2, 0.25) is 0 Å². The third-order valence-corrected chi connectivity index (χ3v) is 7.35. The van der Waals surface area contributed by atoms with Crippen LogP contribution >= 0.6 is 0 Å². The van der Waals surface area contributed by atoms with E-state index in [-0.39, 0.29) is 30.6 Å². The predicted molar refractivity (Wildman–Crippen MR) is 128 cm³/mol. The molecule has 0 radical (unpaired) electrons. The van der Waals surface area contributed by atoms with Crippen LogP contribution in [-0.2, 0) is 6.54 Å². The Balaban J connectivity index is 1.12. The number of nitrogens with one attached hydrogen (secondary N) is 1. The van der Waals surface area contributed by atoms with E-state index in [0.717, 1.165) is 37.8 Å².